The average molecular weight is 416 g/mol. The Bertz CT molecular complexity index is 888. The molecule has 0 bridgehead atoms. The summed E-state index contributed by atoms with van der Waals surface area (Å²) in [5.74, 6) is -1.12. The molecule has 5 nitrogen and oxygen atoms in total. The highest BCUT2D eigenvalue weighted by molar-refractivity contribution is 6.01. The van der Waals surface area contributed by atoms with E-state index in [9.17, 15) is 26.7 Å². The molecule has 0 aliphatic carbocycles. The number of hydrogen-bond donors (Lipinski definition) is 1. The first-order valence-electron chi connectivity index (χ1n) is 8.64. The summed E-state index contributed by atoms with van der Waals surface area (Å²) >= 11 is 0. The molecule has 1 aliphatic rings. The number of ether oxygens (including phenoxy) is 2. The third-order valence-corrected chi connectivity index (χ3v) is 4.17. The smallest absolute Gasteiger partial charge is 0.406 e. The lowest BCUT2D eigenvalue weighted by Crippen LogP contribution is -2.47. The van der Waals surface area contributed by atoms with Gasteiger partial charge in [-0.15, -0.1) is 0 Å². The van der Waals surface area contributed by atoms with Crippen molar-refractivity contribution in [3.63, 3.8) is 0 Å². The van der Waals surface area contributed by atoms with Crippen LogP contribution in [0.5, 0.6) is 11.5 Å². The lowest BCUT2D eigenvalue weighted by molar-refractivity contribution is -0.144. The van der Waals surface area contributed by atoms with E-state index in [4.69, 9.17) is 4.74 Å². The second-order valence-electron chi connectivity index (χ2n) is 6.16. The zero-order chi connectivity index (χ0) is 21.2. The Morgan fingerprint density at radius 2 is 1.86 bits per heavy atom. The third kappa shape index (κ3) is 4.69. The van der Waals surface area contributed by atoms with E-state index >= 15 is 0 Å². The second-order valence-corrected chi connectivity index (χ2v) is 6.16. The van der Waals surface area contributed by atoms with Gasteiger partial charge in [-0.05, 0) is 36.8 Å². The van der Waals surface area contributed by atoms with Crippen molar-refractivity contribution in [3.05, 3.63) is 53.6 Å². The minimum Gasteiger partial charge on any atom is -0.490 e. The predicted molar refractivity (Wildman–Crippen MR) is 94.1 cm³/mol. The number of nitrogens with one attached hydrogen (secondary N) is 1. The summed E-state index contributed by atoms with van der Waals surface area (Å²) in [7, 11) is 0. The number of halogens is 5. The Morgan fingerprint density at radius 1 is 1.14 bits per heavy atom. The van der Waals surface area contributed by atoms with Gasteiger partial charge < -0.3 is 19.7 Å². The molecule has 1 heterocycles. The Labute approximate surface area is 163 Å². The molecule has 156 valence electrons. The number of carbonyl (C=O) groups excluding carboxylic acids is 1. The van der Waals surface area contributed by atoms with Crippen LogP contribution in [-0.2, 0) is 0 Å². The average Bonchev–Trinajstić information content (AvgIpc) is 2.64. The number of nitrogens with zero attached hydrogens (tertiary/aromatic N) is 1. The maximum Gasteiger partial charge on any atom is 0.406 e. The summed E-state index contributed by atoms with van der Waals surface area (Å²) in [4.78, 5) is 13.4. The Morgan fingerprint density at radius 3 is 2.52 bits per heavy atom. The molecule has 29 heavy (non-hydrogen) atoms. The van der Waals surface area contributed by atoms with Crippen molar-refractivity contribution in [1.29, 1.82) is 0 Å². The van der Waals surface area contributed by atoms with Crippen molar-refractivity contribution in [3.8, 4) is 11.5 Å². The van der Waals surface area contributed by atoms with Crippen LogP contribution in [0.15, 0.2) is 42.5 Å². The van der Waals surface area contributed by atoms with E-state index in [1.807, 2.05) is 0 Å². The molecule has 0 aromatic heterocycles. The second kappa shape index (κ2) is 8.14. The summed E-state index contributed by atoms with van der Waals surface area (Å²) in [6.07, 6.45) is -5.82. The van der Waals surface area contributed by atoms with Gasteiger partial charge in [0.15, 0.2) is 11.5 Å². The molecule has 2 aromatic rings. The molecule has 1 aliphatic heterocycles. The van der Waals surface area contributed by atoms with Gasteiger partial charge >= 0.3 is 12.8 Å². The van der Waals surface area contributed by atoms with E-state index in [0.717, 1.165) is 0 Å². The van der Waals surface area contributed by atoms with Crippen LogP contribution < -0.4 is 14.8 Å². The van der Waals surface area contributed by atoms with Crippen molar-refractivity contribution >= 4 is 11.6 Å². The third-order valence-electron chi connectivity index (χ3n) is 4.17. The molecule has 0 unspecified atom stereocenters. The van der Waals surface area contributed by atoms with Crippen LogP contribution in [0.4, 0.5) is 27.6 Å². The van der Waals surface area contributed by atoms with Gasteiger partial charge in [-0.2, -0.15) is 22.0 Å². The maximum absolute atomic E-state index is 13.1. The lowest BCUT2D eigenvalue weighted by atomic mass is 10.0. The van der Waals surface area contributed by atoms with E-state index in [1.165, 1.54) is 24.3 Å². The first kappa shape index (κ1) is 20.7. The van der Waals surface area contributed by atoms with Crippen LogP contribution in [0.1, 0.15) is 29.0 Å². The van der Waals surface area contributed by atoms with Gasteiger partial charge in [0.25, 0.3) is 5.91 Å². The van der Waals surface area contributed by atoms with Gasteiger partial charge in [0.05, 0.1) is 12.2 Å². The zero-order valence-corrected chi connectivity index (χ0v) is 15.2. The zero-order valence-electron chi connectivity index (χ0n) is 15.2. The minimum atomic E-state index is -4.64. The summed E-state index contributed by atoms with van der Waals surface area (Å²) in [6.45, 7) is -2.84. The number of benzene rings is 2. The fourth-order valence-corrected chi connectivity index (χ4v) is 3.07. The summed E-state index contributed by atoms with van der Waals surface area (Å²) in [6, 6.07) is 9.95. The van der Waals surface area contributed by atoms with Crippen LogP contribution in [0, 0.1) is 0 Å². The van der Waals surface area contributed by atoms with E-state index in [2.05, 4.69) is 10.1 Å². The standard InChI is InChI=1S/C19H17F5N2O3/c1-2-28-15-9-11(7-8-14(15)29-18(20)21)16-25-13-6-4-3-5-12(13)17(27)26(16)10-19(22,23)24/h3-9,16,18,25H,2,10H2,1H3/t16-/m1/s1. The number of amides is 1. The molecule has 0 saturated carbocycles. The summed E-state index contributed by atoms with van der Waals surface area (Å²) < 4.78 is 74.3. The van der Waals surface area contributed by atoms with Gasteiger partial charge in [0.2, 0.25) is 0 Å². The Hall–Kier alpha value is -3.04. The molecular weight excluding hydrogens is 399 g/mol. The highest BCUT2D eigenvalue weighted by Gasteiger charge is 2.40. The largest absolute Gasteiger partial charge is 0.490 e. The van der Waals surface area contributed by atoms with Crippen LogP contribution >= 0.6 is 0 Å². The minimum absolute atomic E-state index is 0.0645. The van der Waals surface area contributed by atoms with Crippen molar-refractivity contribution in [2.24, 2.45) is 0 Å². The highest BCUT2D eigenvalue weighted by Crippen LogP contribution is 2.38. The molecule has 10 heteroatoms. The number of alkyl halides is 5. The van der Waals surface area contributed by atoms with Crippen molar-refractivity contribution in [2.75, 3.05) is 18.5 Å². The lowest BCUT2D eigenvalue weighted by Gasteiger charge is -2.38. The molecule has 0 spiro atoms. The molecule has 0 fully saturated rings. The van der Waals surface area contributed by atoms with E-state index in [-0.39, 0.29) is 29.2 Å². The normalized spacial score (nSPS) is 16.4. The molecule has 1 atom stereocenters. The number of anilines is 1. The highest BCUT2D eigenvalue weighted by atomic mass is 19.4. The quantitative estimate of drug-likeness (QED) is 0.687. The van der Waals surface area contributed by atoms with E-state index in [0.29, 0.717) is 10.6 Å². The van der Waals surface area contributed by atoms with Gasteiger partial charge in [-0.1, -0.05) is 18.2 Å². The van der Waals surface area contributed by atoms with Crippen molar-refractivity contribution < 1.29 is 36.2 Å². The van der Waals surface area contributed by atoms with Gasteiger partial charge in [-0.25, -0.2) is 0 Å². The molecule has 1 N–H and O–H groups in total. The number of rotatable bonds is 6. The SMILES string of the molecule is CCOc1cc([C@@H]2Nc3ccccc3C(=O)N2CC(F)(F)F)ccc1OC(F)F. The van der Waals surface area contributed by atoms with E-state index < -0.39 is 31.4 Å². The summed E-state index contributed by atoms with van der Waals surface area (Å²) in [5.41, 5.74) is 0.699. The maximum atomic E-state index is 13.1. The topological polar surface area (TPSA) is 50.8 Å². The number of para-hydroxylation sites is 1. The van der Waals surface area contributed by atoms with Crippen molar-refractivity contribution in [1.82, 2.24) is 4.90 Å². The molecular formula is C19H17F5N2O3. The van der Waals surface area contributed by atoms with Crippen LogP contribution in [-0.4, -0.2) is 36.7 Å². The monoisotopic (exact) mass is 416 g/mol. The van der Waals surface area contributed by atoms with Crippen LogP contribution in [0.3, 0.4) is 0 Å². The fraction of sp³-hybridized carbons (Fsp3) is 0.316. The number of carbonyl (C=O) groups is 1. The summed E-state index contributed by atoms with van der Waals surface area (Å²) in [5, 5.41) is 2.91. The van der Waals surface area contributed by atoms with Crippen molar-refractivity contribution in [2.45, 2.75) is 25.9 Å². The number of hydrogen-bond acceptors (Lipinski definition) is 4. The Kier molecular flexibility index (Phi) is 5.81. The predicted octanol–water partition coefficient (Wildman–Crippen LogP) is 4.82. The number of fused-ring (bicyclic) bond motifs is 1. The van der Waals surface area contributed by atoms with Crippen LogP contribution in [0.25, 0.3) is 0 Å². The van der Waals surface area contributed by atoms with Gasteiger partial charge in [-0.3, -0.25) is 4.79 Å². The first-order chi connectivity index (χ1) is 13.7. The fourth-order valence-electron chi connectivity index (χ4n) is 3.07. The Balaban J connectivity index is 2.04. The first-order valence-corrected chi connectivity index (χ1v) is 8.64. The van der Waals surface area contributed by atoms with E-state index in [1.54, 1.807) is 25.1 Å². The molecule has 2 aromatic carbocycles. The molecule has 3 rings (SSSR count). The van der Waals surface area contributed by atoms with Gasteiger partial charge in [0.1, 0.15) is 12.7 Å². The van der Waals surface area contributed by atoms with Gasteiger partial charge in [0, 0.05) is 5.69 Å². The molecule has 0 saturated heterocycles. The van der Waals surface area contributed by atoms with Crippen LogP contribution in [0.2, 0.25) is 0 Å². The molecule has 1 amide bonds. The molecule has 0 radical (unpaired) electrons.